The third-order valence-electron chi connectivity index (χ3n) is 4.12. The van der Waals surface area contributed by atoms with Crippen LogP contribution in [0.15, 0.2) is 18.3 Å². The fourth-order valence-electron chi connectivity index (χ4n) is 3.00. The van der Waals surface area contributed by atoms with Crippen molar-refractivity contribution in [1.82, 2.24) is 4.98 Å². The van der Waals surface area contributed by atoms with Crippen molar-refractivity contribution >= 4 is 5.97 Å². The summed E-state index contributed by atoms with van der Waals surface area (Å²) in [6, 6.07) is 3.34. The van der Waals surface area contributed by atoms with Gasteiger partial charge in [0.1, 0.15) is 6.10 Å². The number of ether oxygens (including phenoxy) is 3. The smallest absolute Gasteiger partial charge is 0.358 e. The summed E-state index contributed by atoms with van der Waals surface area (Å²) in [7, 11) is 0. The van der Waals surface area contributed by atoms with Gasteiger partial charge in [-0.3, -0.25) is 0 Å². The highest BCUT2D eigenvalue weighted by Gasteiger charge is 2.40. The monoisotopic (exact) mass is 293 g/mol. The predicted molar refractivity (Wildman–Crippen MR) is 73.6 cm³/mol. The summed E-state index contributed by atoms with van der Waals surface area (Å²) in [6.07, 6.45) is 4.68. The zero-order valence-electron chi connectivity index (χ0n) is 11.8. The molecule has 0 radical (unpaired) electrons. The molecule has 1 spiro atoms. The molecule has 6 nitrogen and oxygen atoms in total. The molecule has 0 aliphatic carbocycles. The molecule has 0 amide bonds. The third kappa shape index (κ3) is 3.16. The highest BCUT2D eigenvalue weighted by molar-refractivity contribution is 5.88. The van der Waals surface area contributed by atoms with Gasteiger partial charge in [0.05, 0.1) is 12.2 Å². The molecule has 1 N–H and O–H groups in total. The molecule has 2 aliphatic rings. The number of hydrogen-bond acceptors (Lipinski definition) is 5. The maximum absolute atomic E-state index is 11.2. The first-order valence-electron chi connectivity index (χ1n) is 7.25. The van der Waals surface area contributed by atoms with Gasteiger partial charge in [0.2, 0.25) is 0 Å². The van der Waals surface area contributed by atoms with Gasteiger partial charge < -0.3 is 19.3 Å². The fraction of sp³-hybridized carbons (Fsp3) is 0.600. The van der Waals surface area contributed by atoms with Crippen LogP contribution < -0.4 is 4.74 Å². The molecule has 114 valence electrons. The normalized spacial score (nSPS) is 24.7. The number of aromatic carboxylic acids is 1. The second-order valence-corrected chi connectivity index (χ2v) is 5.53. The number of carbonyl (C=O) groups is 1. The van der Waals surface area contributed by atoms with E-state index in [1.165, 1.54) is 6.20 Å². The zero-order chi connectivity index (χ0) is 14.7. The molecular formula is C15H19NO5. The molecule has 2 saturated heterocycles. The molecular weight excluding hydrogens is 274 g/mol. The Morgan fingerprint density at radius 2 is 2.19 bits per heavy atom. The van der Waals surface area contributed by atoms with Gasteiger partial charge in [-0.05, 0) is 25.0 Å². The fourth-order valence-corrected chi connectivity index (χ4v) is 3.00. The number of rotatable bonds is 3. The summed E-state index contributed by atoms with van der Waals surface area (Å²) in [5.74, 6) is -0.738. The van der Waals surface area contributed by atoms with Crippen molar-refractivity contribution < 1.29 is 24.1 Å². The molecule has 1 aromatic rings. The minimum Gasteiger partial charge on any atom is -0.488 e. The van der Waals surface area contributed by atoms with E-state index in [0.717, 1.165) is 25.7 Å². The Kier molecular flexibility index (Phi) is 4.07. The van der Waals surface area contributed by atoms with Crippen LogP contribution in [0, 0.1) is 0 Å². The van der Waals surface area contributed by atoms with Gasteiger partial charge in [-0.25, -0.2) is 9.78 Å². The Morgan fingerprint density at radius 3 is 2.95 bits per heavy atom. The van der Waals surface area contributed by atoms with Crippen molar-refractivity contribution in [3.63, 3.8) is 0 Å². The number of aromatic nitrogens is 1. The number of nitrogens with zero attached hydrogens (tertiary/aromatic N) is 1. The highest BCUT2D eigenvalue weighted by atomic mass is 16.5. The van der Waals surface area contributed by atoms with Crippen LogP contribution in [0.2, 0.25) is 0 Å². The first-order valence-corrected chi connectivity index (χ1v) is 7.25. The first kappa shape index (κ1) is 14.3. The molecule has 3 rings (SSSR count). The van der Waals surface area contributed by atoms with E-state index in [0.29, 0.717) is 25.6 Å². The van der Waals surface area contributed by atoms with Crippen molar-refractivity contribution in [2.24, 2.45) is 0 Å². The van der Waals surface area contributed by atoms with Crippen LogP contribution in [0.5, 0.6) is 5.75 Å². The molecule has 6 heteroatoms. The molecule has 0 bridgehead atoms. The van der Waals surface area contributed by atoms with Gasteiger partial charge in [-0.2, -0.15) is 0 Å². The molecule has 1 unspecified atom stereocenters. The van der Waals surface area contributed by atoms with E-state index in [2.05, 4.69) is 4.98 Å². The van der Waals surface area contributed by atoms with E-state index in [1.807, 2.05) is 0 Å². The second kappa shape index (κ2) is 5.99. The maximum Gasteiger partial charge on any atom is 0.358 e. The first-order chi connectivity index (χ1) is 10.2. The zero-order valence-corrected chi connectivity index (χ0v) is 11.8. The molecule has 2 aliphatic heterocycles. The Hall–Kier alpha value is -1.66. The minimum absolute atomic E-state index is 0.0370. The van der Waals surface area contributed by atoms with Crippen LogP contribution in [0.25, 0.3) is 0 Å². The van der Waals surface area contributed by atoms with Crippen LogP contribution in [0.4, 0.5) is 0 Å². The summed E-state index contributed by atoms with van der Waals surface area (Å²) in [5.41, 5.74) is -0.211. The van der Waals surface area contributed by atoms with Gasteiger partial charge in [0.25, 0.3) is 0 Å². The van der Waals surface area contributed by atoms with Crippen LogP contribution in [0.3, 0.4) is 0 Å². The average molecular weight is 293 g/mol. The Morgan fingerprint density at radius 1 is 1.38 bits per heavy atom. The van der Waals surface area contributed by atoms with E-state index in [9.17, 15) is 4.79 Å². The Bertz CT molecular complexity index is 507. The molecule has 1 aromatic heterocycles. The second-order valence-electron chi connectivity index (χ2n) is 5.53. The highest BCUT2D eigenvalue weighted by Crippen LogP contribution is 2.36. The number of hydrogen-bond donors (Lipinski definition) is 1. The quantitative estimate of drug-likeness (QED) is 0.917. The van der Waals surface area contributed by atoms with E-state index in [-0.39, 0.29) is 17.4 Å². The van der Waals surface area contributed by atoms with E-state index in [1.54, 1.807) is 12.1 Å². The van der Waals surface area contributed by atoms with Gasteiger partial charge >= 0.3 is 5.97 Å². The SMILES string of the molecule is O=C(O)c1ncccc1OC1CCOC2(CCOCC2)C1. The van der Waals surface area contributed by atoms with Crippen molar-refractivity contribution in [1.29, 1.82) is 0 Å². The van der Waals surface area contributed by atoms with E-state index >= 15 is 0 Å². The topological polar surface area (TPSA) is 77.9 Å². The lowest BCUT2D eigenvalue weighted by Gasteiger charge is -2.43. The molecule has 2 fully saturated rings. The lowest BCUT2D eigenvalue weighted by atomic mass is 9.85. The Labute approximate surface area is 123 Å². The lowest BCUT2D eigenvalue weighted by Crippen LogP contribution is -2.47. The Balaban J connectivity index is 1.71. The summed E-state index contributed by atoms with van der Waals surface area (Å²) in [6.45, 7) is 2.05. The largest absolute Gasteiger partial charge is 0.488 e. The number of carboxylic acid groups (broad SMARTS) is 1. The average Bonchev–Trinajstić information content (AvgIpc) is 2.48. The predicted octanol–water partition coefficient (Wildman–Crippen LogP) is 1.89. The van der Waals surface area contributed by atoms with E-state index in [4.69, 9.17) is 19.3 Å². The van der Waals surface area contributed by atoms with Crippen molar-refractivity contribution in [3.05, 3.63) is 24.0 Å². The van der Waals surface area contributed by atoms with Crippen molar-refractivity contribution in [2.75, 3.05) is 19.8 Å². The third-order valence-corrected chi connectivity index (χ3v) is 4.12. The van der Waals surface area contributed by atoms with Crippen molar-refractivity contribution in [3.8, 4) is 5.75 Å². The molecule has 21 heavy (non-hydrogen) atoms. The minimum atomic E-state index is -1.07. The van der Waals surface area contributed by atoms with Gasteiger partial charge in [0.15, 0.2) is 11.4 Å². The van der Waals surface area contributed by atoms with Gasteiger partial charge in [-0.1, -0.05) is 0 Å². The maximum atomic E-state index is 11.2. The van der Waals surface area contributed by atoms with Gasteiger partial charge in [0, 0.05) is 32.3 Å². The van der Waals surface area contributed by atoms with Crippen LogP contribution >= 0.6 is 0 Å². The standard InChI is InChI=1S/C15H19NO5/c17-14(18)13-12(2-1-6-16-13)21-11-3-7-20-15(10-11)4-8-19-9-5-15/h1-2,6,11H,3-5,7-10H2,(H,17,18). The summed E-state index contributed by atoms with van der Waals surface area (Å²) in [5, 5.41) is 9.15. The van der Waals surface area contributed by atoms with Crippen LogP contribution in [-0.2, 0) is 9.47 Å². The van der Waals surface area contributed by atoms with Gasteiger partial charge in [-0.15, -0.1) is 0 Å². The summed E-state index contributed by atoms with van der Waals surface area (Å²) >= 11 is 0. The van der Waals surface area contributed by atoms with Crippen LogP contribution in [-0.4, -0.2) is 47.6 Å². The van der Waals surface area contributed by atoms with Crippen molar-refractivity contribution in [2.45, 2.75) is 37.4 Å². The number of pyridine rings is 1. The summed E-state index contributed by atoms with van der Waals surface area (Å²) < 4.78 is 17.3. The summed E-state index contributed by atoms with van der Waals surface area (Å²) in [4.78, 5) is 15.0. The molecule has 0 aromatic carbocycles. The van der Waals surface area contributed by atoms with E-state index < -0.39 is 5.97 Å². The number of carboxylic acids is 1. The molecule has 3 heterocycles. The molecule has 1 atom stereocenters. The molecule has 0 saturated carbocycles. The lowest BCUT2D eigenvalue weighted by molar-refractivity contribution is -0.155. The van der Waals surface area contributed by atoms with Crippen LogP contribution in [0.1, 0.15) is 36.2 Å².